The van der Waals surface area contributed by atoms with Crippen molar-refractivity contribution in [1.82, 2.24) is 9.03 Å². The lowest BCUT2D eigenvalue weighted by Crippen LogP contribution is -2.47. The Morgan fingerprint density at radius 3 is 2.13 bits per heavy atom. The number of nitrogens with one attached hydrogen (secondary N) is 2. The van der Waals surface area contributed by atoms with Crippen molar-refractivity contribution in [2.24, 2.45) is 0 Å². The van der Waals surface area contributed by atoms with Gasteiger partial charge in [-0.1, -0.05) is 41.4 Å². The molecule has 30 heavy (non-hydrogen) atoms. The third-order valence-corrected chi connectivity index (χ3v) is 6.27. The van der Waals surface area contributed by atoms with Crippen molar-refractivity contribution in [2.75, 3.05) is 26.5 Å². The molecule has 0 aromatic heterocycles. The van der Waals surface area contributed by atoms with Crippen molar-refractivity contribution in [3.8, 4) is 0 Å². The molecule has 0 spiro atoms. The predicted molar refractivity (Wildman–Crippen MR) is 116 cm³/mol. The molecular weight excluding hydrogens is 453 g/mol. The monoisotopic (exact) mass is 473 g/mol. The second-order valence-corrected chi connectivity index (χ2v) is 9.16. The maximum Gasteiger partial charge on any atom is 0.324 e. The van der Waals surface area contributed by atoms with Gasteiger partial charge in [-0.2, -0.15) is 17.4 Å². The smallest absolute Gasteiger partial charge is 0.324 e. The van der Waals surface area contributed by atoms with Gasteiger partial charge in [-0.25, -0.2) is 0 Å². The number of anilines is 1. The van der Waals surface area contributed by atoms with Crippen LogP contribution in [0.1, 0.15) is 15.9 Å². The molecule has 2 N–H and O–H groups in total. The summed E-state index contributed by atoms with van der Waals surface area (Å²) in [5, 5.41) is 3.14. The minimum Gasteiger partial charge on any atom is -0.468 e. The summed E-state index contributed by atoms with van der Waals surface area (Å²) in [5.74, 6) is -1.18. The molecule has 0 aliphatic carbocycles. The van der Waals surface area contributed by atoms with Crippen molar-refractivity contribution in [2.45, 2.75) is 12.5 Å². The van der Waals surface area contributed by atoms with Gasteiger partial charge in [0.15, 0.2) is 0 Å². The number of nitrogens with zero attached hydrogens (tertiary/aromatic N) is 1. The number of hydrogen-bond acceptors (Lipinski definition) is 5. The molecular formula is C19H21Cl2N3O5S. The molecule has 2 rings (SSSR count). The first-order valence-electron chi connectivity index (χ1n) is 8.67. The molecule has 0 aliphatic heterocycles. The third kappa shape index (κ3) is 6.16. The predicted octanol–water partition coefficient (Wildman–Crippen LogP) is 2.73. The summed E-state index contributed by atoms with van der Waals surface area (Å²) in [4.78, 5) is 24.4. The summed E-state index contributed by atoms with van der Waals surface area (Å²) in [6.45, 7) is 0. The van der Waals surface area contributed by atoms with Gasteiger partial charge in [0, 0.05) is 19.8 Å². The van der Waals surface area contributed by atoms with Gasteiger partial charge in [0.1, 0.15) is 6.04 Å². The number of hydrogen-bond donors (Lipinski definition) is 2. The topological polar surface area (TPSA) is 105 Å². The molecule has 0 radical (unpaired) electrons. The van der Waals surface area contributed by atoms with Crippen LogP contribution in [-0.4, -0.2) is 51.8 Å². The molecule has 0 fully saturated rings. The molecule has 1 unspecified atom stereocenters. The highest BCUT2D eigenvalue weighted by Gasteiger charge is 2.26. The highest BCUT2D eigenvalue weighted by molar-refractivity contribution is 7.87. The molecule has 0 bridgehead atoms. The Bertz CT molecular complexity index is 1010. The summed E-state index contributed by atoms with van der Waals surface area (Å²) in [6, 6.07) is 10.2. The van der Waals surface area contributed by atoms with Crippen molar-refractivity contribution < 1.29 is 22.7 Å². The summed E-state index contributed by atoms with van der Waals surface area (Å²) in [7, 11) is 0.0366. The highest BCUT2D eigenvalue weighted by Crippen LogP contribution is 2.25. The van der Waals surface area contributed by atoms with Gasteiger partial charge < -0.3 is 10.1 Å². The van der Waals surface area contributed by atoms with E-state index in [4.69, 9.17) is 27.9 Å². The van der Waals surface area contributed by atoms with Crippen molar-refractivity contribution in [3.05, 3.63) is 63.6 Å². The molecule has 0 saturated carbocycles. The Balaban J connectivity index is 2.13. The van der Waals surface area contributed by atoms with Crippen molar-refractivity contribution in [3.63, 3.8) is 0 Å². The maximum absolute atomic E-state index is 12.4. The Labute approximate surface area is 185 Å². The van der Waals surface area contributed by atoms with E-state index >= 15 is 0 Å². The van der Waals surface area contributed by atoms with Crippen LogP contribution in [0.4, 0.5) is 5.69 Å². The number of carbonyl (C=O) groups is 2. The van der Waals surface area contributed by atoms with E-state index in [2.05, 4.69) is 10.0 Å². The lowest BCUT2D eigenvalue weighted by molar-refractivity contribution is -0.142. The fourth-order valence-corrected chi connectivity index (χ4v) is 3.79. The maximum atomic E-state index is 12.4. The van der Waals surface area contributed by atoms with Crippen LogP contribution in [0.2, 0.25) is 10.0 Å². The van der Waals surface area contributed by atoms with Gasteiger partial charge in [0.25, 0.3) is 16.1 Å². The van der Waals surface area contributed by atoms with E-state index in [0.29, 0.717) is 11.3 Å². The highest BCUT2D eigenvalue weighted by atomic mass is 35.5. The number of halogens is 2. The van der Waals surface area contributed by atoms with Crippen LogP contribution < -0.4 is 10.0 Å². The van der Waals surface area contributed by atoms with Crippen LogP contribution in [0.5, 0.6) is 0 Å². The van der Waals surface area contributed by atoms with Gasteiger partial charge in [-0.05, 0) is 36.2 Å². The van der Waals surface area contributed by atoms with Crippen molar-refractivity contribution in [1.29, 1.82) is 0 Å². The number of ether oxygens (including phenoxy) is 1. The first-order valence-corrected chi connectivity index (χ1v) is 10.9. The molecule has 162 valence electrons. The van der Waals surface area contributed by atoms with Crippen LogP contribution in [-0.2, 0) is 26.2 Å². The zero-order valence-corrected chi connectivity index (χ0v) is 18.8. The molecule has 1 amide bonds. The van der Waals surface area contributed by atoms with Gasteiger partial charge in [-0.3, -0.25) is 9.59 Å². The van der Waals surface area contributed by atoms with E-state index < -0.39 is 28.1 Å². The average molecular weight is 474 g/mol. The molecule has 0 heterocycles. The minimum absolute atomic E-state index is 0.0598. The van der Waals surface area contributed by atoms with E-state index in [1.54, 1.807) is 42.5 Å². The van der Waals surface area contributed by atoms with Crippen molar-refractivity contribution >= 4 is 51.0 Å². The lowest BCUT2D eigenvalue weighted by atomic mass is 10.1. The van der Waals surface area contributed by atoms with E-state index in [1.165, 1.54) is 21.2 Å². The minimum atomic E-state index is -3.84. The fraction of sp³-hybridized carbons (Fsp3) is 0.263. The number of methoxy groups -OCH3 is 1. The molecule has 2 aromatic rings. The van der Waals surface area contributed by atoms with E-state index in [-0.39, 0.29) is 22.0 Å². The molecule has 8 nitrogen and oxygen atoms in total. The third-order valence-electron chi connectivity index (χ3n) is 4.10. The zero-order chi connectivity index (χ0) is 22.5. The molecule has 11 heteroatoms. The van der Waals surface area contributed by atoms with E-state index in [9.17, 15) is 18.0 Å². The Kier molecular flexibility index (Phi) is 8.22. The normalized spacial score (nSPS) is 12.5. The molecule has 0 aliphatic rings. The largest absolute Gasteiger partial charge is 0.468 e. The van der Waals surface area contributed by atoms with Gasteiger partial charge in [0.2, 0.25) is 0 Å². The number of carbonyl (C=O) groups excluding carboxylic acids is 2. The van der Waals surface area contributed by atoms with E-state index in [0.717, 1.165) is 4.31 Å². The lowest BCUT2D eigenvalue weighted by Gasteiger charge is -2.19. The summed E-state index contributed by atoms with van der Waals surface area (Å²) in [6.07, 6.45) is 0.0598. The first-order chi connectivity index (χ1) is 14.0. The van der Waals surface area contributed by atoms with Crippen LogP contribution in [0.25, 0.3) is 0 Å². The summed E-state index contributed by atoms with van der Waals surface area (Å²) >= 11 is 12.1. The quantitative estimate of drug-likeness (QED) is 0.573. The fourth-order valence-electron chi connectivity index (χ4n) is 2.47. The first kappa shape index (κ1) is 24.1. The number of rotatable bonds is 8. The molecule has 1 atom stereocenters. The second-order valence-electron chi connectivity index (χ2n) is 6.43. The van der Waals surface area contributed by atoms with E-state index in [1.807, 2.05) is 0 Å². The average Bonchev–Trinajstić information content (AvgIpc) is 2.68. The molecule has 2 aromatic carbocycles. The zero-order valence-electron chi connectivity index (χ0n) is 16.5. The standard InChI is InChI=1S/C19H21Cl2N3O5S/c1-24(2)30(27,28)23-16(19(26)29-3)11-12-7-9-13(10-8-12)22-18(25)17-14(20)5-4-6-15(17)21/h4-10,16,23H,11H2,1-3H3,(H,22,25). The number of amides is 1. The number of benzene rings is 2. The van der Waals surface area contributed by atoms with Crippen LogP contribution >= 0.6 is 23.2 Å². The number of esters is 1. The van der Waals surface area contributed by atoms with Crippen LogP contribution in [0.15, 0.2) is 42.5 Å². The SMILES string of the molecule is COC(=O)C(Cc1ccc(NC(=O)c2c(Cl)cccc2Cl)cc1)NS(=O)(=O)N(C)C. The second kappa shape index (κ2) is 10.2. The Hall–Kier alpha value is -2.17. The summed E-state index contributed by atoms with van der Waals surface area (Å²) in [5.41, 5.74) is 1.29. The summed E-state index contributed by atoms with van der Waals surface area (Å²) < 4.78 is 32.1. The van der Waals surface area contributed by atoms with Gasteiger partial charge in [-0.15, -0.1) is 0 Å². The van der Waals surface area contributed by atoms with Gasteiger partial charge >= 0.3 is 5.97 Å². The van der Waals surface area contributed by atoms with Crippen LogP contribution in [0.3, 0.4) is 0 Å². The van der Waals surface area contributed by atoms with Gasteiger partial charge in [0.05, 0.1) is 22.7 Å². The Morgan fingerprint density at radius 2 is 1.63 bits per heavy atom. The molecule has 0 saturated heterocycles. The Morgan fingerprint density at radius 1 is 1.07 bits per heavy atom. The van der Waals surface area contributed by atoms with Crippen LogP contribution in [0, 0.1) is 0 Å².